The number of phenols is 3. The number of hydrazone groups is 1. The van der Waals surface area contributed by atoms with Crippen LogP contribution < -0.4 is 10.1 Å². The van der Waals surface area contributed by atoms with E-state index in [0.29, 0.717) is 0 Å². The third-order valence-electron chi connectivity index (χ3n) is 4.05. The molecule has 0 heterocycles. The lowest BCUT2D eigenvalue weighted by molar-refractivity contribution is 0.0955. The number of sulfonamides is 1. The van der Waals surface area contributed by atoms with Gasteiger partial charge in [0.25, 0.3) is 15.9 Å². The molecule has 0 aliphatic carbocycles. The monoisotopic (exact) mass is 505 g/mol. The summed E-state index contributed by atoms with van der Waals surface area (Å²) in [6.07, 6.45) is 1.09. The molecule has 3 rings (SSSR count). The van der Waals surface area contributed by atoms with Gasteiger partial charge in [0.1, 0.15) is 0 Å². The zero-order chi connectivity index (χ0) is 22.6. The van der Waals surface area contributed by atoms with Gasteiger partial charge in [-0.1, -0.05) is 15.9 Å². The van der Waals surface area contributed by atoms with Gasteiger partial charge in [-0.25, -0.2) is 13.8 Å². The highest BCUT2D eigenvalue weighted by Crippen LogP contribution is 2.36. The van der Waals surface area contributed by atoms with Gasteiger partial charge in [-0.05, 0) is 60.7 Å². The van der Waals surface area contributed by atoms with Crippen LogP contribution in [0.25, 0.3) is 0 Å². The number of hydrogen-bond donors (Lipinski definition) is 5. The van der Waals surface area contributed by atoms with Crippen LogP contribution >= 0.6 is 15.9 Å². The molecule has 0 saturated carbocycles. The lowest BCUT2D eigenvalue weighted by Crippen LogP contribution is -2.18. The highest BCUT2D eigenvalue weighted by Gasteiger charge is 2.14. The third kappa shape index (κ3) is 5.32. The highest BCUT2D eigenvalue weighted by molar-refractivity contribution is 9.10. The maximum absolute atomic E-state index is 12.4. The van der Waals surface area contributed by atoms with Crippen molar-refractivity contribution in [2.24, 2.45) is 5.10 Å². The quantitative estimate of drug-likeness (QED) is 0.197. The van der Waals surface area contributed by atoms with E-state index in [1.165, 1.54) is 42.5 Å². The minimum Gasteiger partial charge on any atom is -0.504 e. The zero-order valence-corrected chi connectivity index (χ0v) is 18.1. The minimum atomic E-state index is -3.78. The molecule has 3 aromatic rings. The van der Waals surface area contributed by atoms with E-state index < -0.39 is 33.2 Å². The molecule has 0 unspecified atom stereocenters. The Morgan fingerprint density at radius 1 is 0.903 bits per heavy atom. The molecule has 1 amide bonds. The van der Waals surface area contributed by atoms with E-state index in [1.54, 1.807) is 12.1 Å². The molecule has 0 aromatic heterocycles. The highest BCUT2D eigenvalue weighted by atomic mass is 79.9. The molecule has 31 heavy (non-hydrogen) atoms. The van der Waals surface area contributed by atoms with Gasteiger partial charge in [0.05, 0.1) is 11.1 Å². The molecule has 0 radical (unpaired) electrons. The number of aromatic hydroxyl groups is 3. The zero-order valence-electron chi connectivity index (χ0n) is 15.7. The molecule has 9 nitrogen and oxygen atoms in total. The summed E-state index contributed by atoms with van der Waals surface area (Å²) in [5.74, 6) is -2.35. The second-order valence-electron chi connectivity index (χ2n) is 6.21. The Hall–Kier alpha value is -3.57. The molecular formula is C20H16BrN3O6S. The van der Waals surface area contributed by atoms with E-state index >= 15 is 0 Å². The summed E-state index contributed by atoms with van der Waals surface area (Å²) in [4.78, 5) is 12.3. The number of benzene rings is 3. The summed E-state index contributed by atoms with van der Waals surface area (Å²) < 4.78 is 28.0. The predicted molar refractivity (Wildman–Crippen MR) is 118 cm³/mol. The lowest BCUT2D eigenvalue weighted by Gasteiger charge is -2.09. The SMILES string of the molecule is O=C(N/N=C\c1ccc(O)c(O)c1O)c1ccc(NS(=O)(=O)c2ccc(Br)cc2)cc1. The van der Waals surface area contributed by atoms with Crippen molar-refractivity contribution in [1.82, 2.24) is 5.43 Å². The molecule has 0 bridgehead atoms. The maximum atomic E-state index is 12.4. The van der Waals surface area contributed by atoms with Crippen molar-refractivity contribution in [2.45, 2.75) is 4.90 Å². The lowest BCUT2D eigenvalue weighted by atomic mass is 10.2. The van der Waals surface area contributed by atoms with Gasteiger partial charge in [0.2, 0.25) is 5.75 Å². The van der Waals surface area contributed by atoms with Crippen molar-refractivity contribution in [1.29, 1.82) is 0 Å². The molecule has 0 aliphatic heterocycles. The average molecular weight is 506 g/mol. The van der Waals surface area contributed by atoms with E-state index in [2.05, 4.69) is 31.2 Å². The molecule has 0 fully saturated rings. The molecule has 5 N–H and O–H groups in total. The topological polar surface area (TPSA) is 148 Å². The minimum absolute atomic E-state index is 0.0771. The summed E-state index contributed by atoms with van der Waals surface area (Å²) >= 11 is 3.24. The molecule has 0 spiro atoms. The van der Waals surface area contributed by atoms with E-state index in [9.17, 15) is 28.5 Å². The Kier molecular flexibility index (Phi) is 6.47. The fraction of sp³-hybridized carbons (Fsp3) is 0. The summed E-state index contributed by atoms with van der Waals surface area (Å²) in [6, 6.07) is 14.3. The number of anilines is 1. The van der Waals surface area contributed by atoms with E-state index in [0.717, 1.165) is 16.8 Å². The number of carbonyl (C=O) groups excluding carboxylic acids is 1. The predicted octanol–water partition coefficient (Wildman–Crippen LogP) is 3.13. The largest absolute Gasteiger partial charge is 0.504 e. The van der Waals surface area contributed by atoms with E-state index in [4.69, 9.17) is 0 Å². The summed E-state index contributed by atoms with van der Waals surface area (Å²) in [5, 5.41) is 32.1. The number of phenolic OH excluding ortho intramolecular Hbond substituents is 3. The Labute approximate surface area is 185 Å². The molecule has 3 aromatic carbocycles. The van der Waals surface area contributed by atoms with Crippen LogP contribution in [0.5, 0.6) is 17.2 Å². The van der Waals surface area contributed by atoms with Gasteiger partial charge in [0, 0.05) is 21.3 Å². The van der Waals surface area contributed by atoms with Crippen LogP contribution in [0, 0.1) is 0 Å². The summed E-state index contributed by atoms with van der Waals surface area (Å²) in [6.45, 7) is 0. The molecule has 0 aliphatic rings. The third-order valence-corrected chi connectivity index (χ3v) is 5.98. The summed E-state index contributed by atoms with van der Waals surface area (Å²) in [7, 11) is -3.78. The van der Waals surface area contributed by atoms with Gasteiger partial charge in [-0.3, -0.25) is 9.52 Å². The van der Waals surface area contributed by atoms with Crippen LogP contribution in [0.4, 0.5) is 5.69 Å². The molecule has 0 atom stereocenters. The van der Waals surface area contributed by atoms with Crippen molar-refractivity contribution < 1.29 is 28.5 Å². The number of halogens is 1. The smallest absolute Gasteiger partial charge is 0.271 e. The van der Waals surface area contributed by atoms with E-state index in [-0.39, 0.29) is 21.7 Å². The number of nitrogens with zero attached hydrogens (tertiary/aromatic N) is 1. The Bertz CT molecular complexity index is 1240. The number of rotatable bonds is 6. The van der Waals surface area contributed by atoms with Gasteiger partial charge in [-0.15, -0.1) is 0 Å². The van der Waals surface area contributed by atoms with Crippen LogP contribution in [0.15, 0.2) is 75.1 Å². The number of amides is 1. The van der Waals surface area contributed by atoms with Gasteiger partial charge < -0.3 is 15.3 Å². The van der Waals surface area contributed by atoms with Crippen molar-refractivity contribution in [3.05, 3.63) is 76.3 Å². The first kappa shape index (κ1) is 22.1. The molecular weight excluding hydrogens is 490 g/mol. The normalized spacial score (nSPS) is 11.4. The molecule has 11 heteroatoms. The van der Waals surface area contributed by atoms with Gasteiger partial charge >= 0.3 is 0 Å². The van der Waals surface area contributed by atoms with Gasteiger partial charge in [0.15, 0.2) is 11.5 Å². The second kappa shape index (κ2) is 9.06. The number of nitrogens with one attached hydrogen (secondary N) is 2. The van der Waals surface area contributed by atoms with Crippen LogP contribution in [0.2, 0.25) is 0 Å². The number of carbonyl (C=O) groups is 1. The van der Waals surface area contributed by atoms with Crippen LogP contribution in [0.3, 0.4) is 0 Å². The fourth-order valence-corrected chi connectivity index (χ4v) is 3.75. The first-order valence-electron chi connectivity index (χ1n) is 8.63. The summed E-state index contributed by atoms with van der Waals surface area (Å²) in [5.41, 5.74) is 2.80. The van der Waals surface area contributed by atoms with Crippen LogP contribution in [-0.2, 0) is 10.0 Å². The Morgan fingerprint density at radius 3 is 2.19 bits per heavy atom. The van der Waals surface area contributed by atoms with Crippen molar-refractivity contribution in [3.63, 3.8) is 0 Å². The average Bonchev–Trinajstić information content (AvgIpc) is 2.74. The van der Waals surface area contributed by atoms with Crippen LogP contribution in [0.1, 0.15) is 15.9 Å². The van der Waals surface area contributed by atoms with Crippen molar-refractivity contribution in [3.8, 4) is 17.2 Å². The van der Waals surface area contributed by atoms with Crippen molar-refractivity contribution in [2.75, 3.05) is 4.72 Å². The second-order valence-corrected chi connectivity index (χ2v) is 8.81. The van der Waals surface area contributed by atoms with Crippen LogP contribution in [-0.4, -0.2) is 35.9 Å². The number of hydrogen-bond acceptors (Lipinski definition) is 7. The first-order chi connectivity index (χ1) is 14.7. The molecule has 0 saturated heterocycles. The van der Waals surface area contributed by atoms with Gasteiger partial charge in [-0.2, -0.15) is 5.10 Å². The fourth-order valence-electron chi connectivity index (χ4n) is 2.43. The first-order valence-corrected chi connectivity index (χ1v) is 10.9. The van der Waals surface area contributed by atoms with Crippen molar-refractivity contribution >= 4 is 43.8 Å². The van der Waals surface area contributed by atoms with E-state index in [1.807, 2.05) is 0 Å². The standard InChI is InChI=1S/C20H16BrN3O6S/c21-14-4-8-16(9-5-14)31(29,30)24-15-6-1-12(2-7-15)20(28)23-22-11-13-3-10-17(25)19(27)18(13)26/h1-11,24-27H,(H,23,28)/b22-11-. The Morgan fingerprint density at radius 2 is 1.55 bits per heavy atom. The Balaban J connectivity index is 1.65. The maximum Gasteiger partial charge on any atom is 0.271 e. The molecule has 160 valence electrons.